The molecule has 0 aromatic heterocycles. The van der Waals surface area contributed by atoms with Gasteiger partial charge in [0, 0.05) is 46.1 Å². The van der Waals surface area contributed by atoms with Gasteiger partial charge in [-0.3, -0.25) is 0 Å². The monoisotopic (exact) mass is 268 g/mol. The van der Waals surface area contributed by atoms with Crippen molar-refractivity contribution in [1.29, 1.82) is 0 Å². The fraction of sp³-hybridized carbons (Fsp3) is 1.00. The quantitative estimate of drug-likeness (QED) is 0.548. The van der Waals surface area contributed by atoms with E-state index < -0.39 is 14.6 Å². The van der Waals surface area contributed by atoms with E-state index in [0.717, 1.165) is 31.7 Å². The molecule has 0 aromatic carbocycles. The van der Waals surface area contributed by atoms with E-state index in [4.69, 9.17) is 29.6 Å². The number of halogens is 1. The van der Waals surface area contributed by atoms with Crippen LogP contribution in [0.1, 0.15) is 25.7 Å². The van der Waals surface area contributed by atoms with Crippen molar-refractivity contribution in [2.45, 2.75) is 37.5 Å². The zero-order valence-corrected chi connectivity index (χ0v) is 12.0. The van der Waals surface area contributed by atoms with Gasteiger partial charge in [-0.25, -0.2) is 0 Å². The second kappa shape index (κ2) is 6.33. The highest BCUT2D eigenvalue weighted by Gasteiger charge is 2.51. The molecule has 6 heteroatoms. The third-order valence-electron chi connectivity index (χ3n) is 3.07. The summed E-state index contributed by atoms with van der Waals surface area (Å²) in [6, 6.07) is 0.853. The predicted octanol–water partition coefficient (Wildman–Crippen LogP) is 2.39. The zero-order chi connectivity index (χ0) is 12.1. The number of hydrogen-bond acceptors (Lipinski definition) is 4. The fourth-order valence-electron chi connectivity index (χ4n) is 2.09. The van der Waals surface area contributed by atoms with E-state index in [1.165, 1.54) is 0 Å². The summed E-state index contributed by atoms with van der Waals surface area (Å²) in [7, 11) is 2.45. The molecule has 1 aliphatic heterocycles. The molecule has 0 spiro atoms. The van der Waals surface area contributed by atoms with E-state index in [9.17, 15) is 0 Å². The van der Waals surface area contributed by atoms with Gasteiger partial charge in [0.15, 0.2) is 5.79 Å². The van der Waals surface area contributed by atoms with Gasteiger partial charge in [0.05, 0.1) is 0 Å². The minimum Gasteiger partial charge on any atom is -0.377 e. The van der Waals surface area contributed by atoms with E-state index in [1.54, 1.807) is 21.3 Å². The van der Waals surface area contributed by atoms with Crippen molar-refractivity contribution in [3.05, 3.63) is 0 Å². The Kier molecular flexibility index (Phi) is 5.70. The molecule has 0 N–H and O–H groups in total. The number of hydrogen-bond donors (Lipinski definition) is 0. The first-order valence-electron chi connectivity index (χ1n) is 5.57. The highest BCUT2D eigenvalue weighted by atomic mass is 35.5. The Morgan fingerprint density at radius 3 is 2.50 bits per heavy atom. The van der Waals surface area contributed by atoms with E-state index >= 15 is 0 Å². The van der Waals surface area contributed by atoms with Crippen LogP contribution in [-0.4, -0.2) is 41.8 Å². The van der Waals surface area contributed by atoms with Crippen LogP contribution in [0.25, 0.3) is 0 Å². The number of methoxy groups -OCH3 is 1. The summed E-state index contributed by atoms with van der Waals surface area (Å²) < 4.78 is 22.5. The van der Waals surface area contributed by atoms with Crippen LogP contribution in [0, 0.1) is 0 Å². The molecule has 0 amide bonds. The maximum absolute atomic E-state index is 6.02. The van der Waals surface area contributed by atoms with Gasteiger partial charge in [-0.05, 0) is 12.8 Å². The second-order valence-corrected chi connectivity index (χ2v) is 7.22. The molecule has 4 nitrogen and oxygen atoms in total. The Bertz CT molecular complexity index is 213. The highest BCUT2D eigenvalue weighted by molar-refractivity contribution is 6.60. The van der Waals surface area contributed by atoms with Crippen molar-refractivity contribution in [1.82, 2.24) is 0 Å². The molecule has 96 valence electrons. The summed E-state index contributed by atoms with van der Waals surface area (Å²) in [6.07, 6.45) is 3.54. The van der Waals surface area contributed by atoms with Crippen LogP contribution >= 0.6 is 11.6 Å². The Labute approximate surface area is 104 Å². The Hall–Kier alpha value is 0.347. The number of ether oxygens (including phenoxy) is 1. The first-order chi connectivity index (χ1) is 7.66. The van der Waals surface area contributed by atoms with Gasteiger partial charge in [-0.1, -0.05) is 0 Å². The van der Waals surface area contributed by atoms with Gasteiger partial charge in [-0.15, -0.1) is 11.6 Å². The summed E-state index contributed by atoms with van der Waals surface area (Å²) in [5.74, 6) is 0.0500. The third kappa shape index (κ3) is 3.18. The molecule has 0 radical (unpaired) electrons. The predicted molar refractivity (Wildman–Crippen MR) is 64.6 cm³/mol. The van der Waals surface area contributed by atoms with Crippen LogP contribution in [0.4, 0.5) is 0 Å². The summed E-state index contributed by atoms with van der Waals surface area (Å²) in [6.45, 7) is 0. The van der Waals surface area contributed by atoms with Gasteiger partial charge < -0.3 is 18.0 Å². The maximum Gasteiger partial charge on any atom is 0.502 e. The molecule has 0 aromatic rings. The van der Waals surface area contributed by atoms with Gasteiger partial charge >= 0.3 is 8.80 Å². The van der Waals surface area contributed by atoms with Crippen molar-refractivity contribution in [2.75, 3.05) is 27.2 Å². The van der Waals surface area contributed by atoms with Crippen LogP contribution in [0.3, 0.4) is 0 Å². The van der Waals surface area contributed by atoms with Crippen LogP contribution in [0.2, 0.25) is 6.04 Å². The van der Waals surface area contributed by atoms with Crippen molar-refractivity contribution in [2.24, 2.45) is 0 Å². The lowest BCUT2D eigenvalue weighted by Crippen LogP contribution is -2.56. The topological polar surface area (TPSA) is 36.9 Å². The van der Waals surface area contributed by atoms with Gasteiger partial charge in [0.1, 0.15) is 0 Å². The Balaban J connectivity index is 2.70. The lowest BCUT2D eigenvalue weighted by Gasteiger charge is -2.43. The summed E-state index contributed by atoms with van der Waals surface area (Å²) in [5.41, 5.74) is 0. The van der Waals surface area contributed by atoms with Gasteiger partial charge in [0.25, 0.3) is 0 Å². The number of rotatable bonds is 6. The molecule has 1 rings (SSSR count). The second-order valence-electron chi connectivity index (χ2n) is 3.95. The van der Waals surface area contributed by atoms with Crippen LogP contribution < -0.4 is 0 Å². The molecular weight excluding hydrogens is 248 g/mol. The van der Waals surface area contributed by atoms with Crippen molar-refractivity contribution in [3.8, 4) is 0 Å². The van der Waals surface area contributed by atoms with Crippen molar-refractivity contribution >= 4 is 20.4 Å². The summed E-state index contributed by atoms with van der Waals surface area (Å²) in [4.78, 5) is 0. The average Bonchev–Trinajstić information content (AvgIpc) is 2.36. The molecule has 1 aliphatic rings. The van der Waals surface area contributed by atoms with E-state index in [2.05, 4.69) is 0 Å². The number of alkyl halides is 1. The van der Waals surface area contributed by atoms with Crippen LogP contribution in [0.15, 0.2) is 0 Å². The van der Waals surface area contributed by atoms with Gasteiger partial charge in [-0.2, -0.15) is 0 Å². The van der Waals surface area contributed by atoms with Crippen LogP contribution in [0.5, 0.6) is 0 Å². The fourth-order valence-corrected chi connectivity index (χ4v) is 4.53. The smallest absolute Gasteiger partial charge is 0.377 e. The normalized spacial score (nSPS) is 29.2. The maximum atomic E-state index is 6.02. The first-order valence-corrected chi connectivity index (χ1v) is 8.04. The minimum absolute atomic E-state index is 0.564. The molecular formula is C10H21ClO4Si. The zero-order valence-electron chi connectivity index (χ0n) is 10.3. The van der Waals surface area contributed by atoms with Crippen LogP contribution in [-0.2, 0) is 18.0 Å². The molecule has 1 fully saturated rings. The van der Waals surface area contributed by atoms with Crippen molar-refractivity contribution < 1.29 is 18.0 Å². The largest absolute Gasteiger partial charge is 0.502 e. The Morgan fingerprint density at radius 2 is 2.00 bits per heavy atom. The van der Waals surface area contributed by atoms with Crippen molar-refractivity contribution in [3.63, 3.8) is 0 Å². The average molecular weight is 269 g/mol. The van der Waals surface area contributed by atoms with E-state index in [1.807, 2.05) is 0 Å². The first kappa shape index (κ1) is 14.4. The molecule has 1 atom stereocenters. The highest BCUT2D eigenvalue weighted by Crippen LogP contribution is 2.37. The molecule has 1 saturated heterocycles. The molecule has 0 bridgehead atoms. The Morgan fingerprint density at radius 1 is 1.31 bits per heavy atom. The van der Waals surface area contributed by atoms with Gasteiger partial charge in [0.2, 0.25) is 0 Å². The molecule has 1 unspecified atom stereocenters. The molecule has 16 heavy (non-hydrogen) atoms. The molecule has 0 aliphatic carbocycles. The minimum atomic E-state index is -2.51. The molecule has 0 saturated carbocycles. The van der Waals surface area contributed by atoms with E-state index in [0.29, 0.717) is 5.88 Å². The molecule has 1 heterocycles. The summed E-state index contributed by atoms with van der Waals surface area (Å²) >= 11 is 5.72. The van der Waals surface area contributed by atoms with E-state index in [-0.39, 0.29) is 0 Å². The third-order valence-corrected chi connectivity index (χ3v) is 6.23. The summed E-state index contributed by atoms with van der Waals surface area (Å²) in [5, 5.41) is 0. The lowest BCUT2D eigenvalue weighted by atomic mass is 10.1. The standard InChI is InChI=1S/C10H21ClO4Si/c1-12-10(6-4-8-11)7-5-9-16(13-2,14-3)15-10/h4-9H2,1-3H3. The SMILES string of the molecule is COC1(CCCCl)CCC[Si](OC)(OC)O1. The lowest BCUT2D eigenvalue weighted by molar-refractivity contribution is -0.210.